The molecule has 0 heterocycles. The number of rotatable bonds is 5. The van der Waals surface area contributed by atoms with Crippen molar-refractivity contribution in [3.05, 3.63) is 30.3 Å². The van der Waals surface area contributed by atoms with Crippen LogP contribution in [0.5, 0.6) is 0 Å². The largest absolute Gasteiger partial charge is 0.308 e. The first kappa shape index (κ1) is 15.4. The minimum Gasteiger partial charge on any atom is -0.308 e. The summed E-state index contributed by atoms with van der Waals surface area (Å²) < 4.78 is 21.1. The first-order valence-electron chi connectivity index (χ1n) is 6.45. The van der Waals surface area contributed by atoms with Crippen molar-refractivity contribution in [3.63, 3.8) is 0 Å². The molecule has 0 N–H and O–H groups in total. The van der Waals surface area contributed by atoms with E-state index in [2.05, 4.69) is 0 Å². The second kappa shape index (κ2) is 6.01. The van der Waals surface area contributed by atoms with Gasteiger partial charge < -0.3 is 4.52 Å². The zero-order valence-corrected chi connectivity index (χ0v) is 12.9. The second-order valence-electron chi connectivity index (χ2n) is 5.20. The molecule has 1 atom stereocenters. The van der Waals surface area contributed by atoms with Crippen LogP contribution in [0, 0.1) is 0 Å². The minimum absolute atomic E-state index is 0.437. The zero-order chi connectivity index (χ0) is 13.8. The number of hydrogen-bond acceptors (Lipinski definition) is 2. The predicted molar refractivity (Wildman–Crippen MR) is 77.4 cm³/mol. The van der Waals surface area contributed by atoms with Crippen LogP contribution >= 0.6 is 7.52 Å². The van der Waals surface area contributed by atoms with Crippen molar-refractivity contribution < 1.29 is 9.09 Å². The molecule has 3 nitrogen and oxygen atoms in total. The summed E-state index contributed by atoms with van der Waals surface area (Å²) in [6.45, 7) is 11.2. The minimum atomic E-state index is -2.97. The van der Waals surface area contributed by atoms with E-state index in [0.29, 0.717) is 13.1 Å². The first-order valence-corrected chi connectivity index (χ1v) is 8.03. The van der Waals surface area contributed by atoms with Gasteiger partial charge >= 0.3 is 7.52 Å². The van der Waals surface area contributed by atoms with E-state index in [0.717, 1.165) is 5.30 Å². The fourth-order valence-corrected chi connectivity index (χ4v) is 4.44. The van der Waals surface area contributed by atoms with Gasteiger partial charge in [0.25, 0.3) is 0 Å². The van der Waals surface area contributed by atoms with Crippen molar-refractivity contribution in [1.82, 2.24) is 4.67 Å². The Kier molecular flexibility index (Phi) is 5.15. The van der Waals surface area contributed by atoms with Gasteiger partial charge in [-0.1, -0.05) is 32.0 Å². The zero-order valence-electron chi connectivity index (χ0n) is 12.0. The summed E-state index contributed by atoms with van der Waals surface area (Å²) in [4.78, 5) is 0. The maximum absolute atomic E-state index is 13.3. The molecule has 0 aromatic heterocycles. The van der Waals surface area contributed by atoms with Gasteiger partial charge in [-0.2, -0.15) is 0 Å². The molecule has 1 unspecified atom stereocenters. The highest BCUT2D eigenvalue weighted by Crippen LogP contribution is 2.52. The summed E-state index contributed by atoms with van der Waals surface area (Å²) in [5, 5.41) is 0.767. The van der Waals surface area contributed by atoms with Crippen molar-refractivity contribution >= 4 is 12.8 Å². The van der Waals surface area contributed by atoms with Crippen LogP contribution in [0.15, 0.2) is 30.3 Å². The lowest BCUT2D eigenvalue weighted by atomic mass is 10.2. The SMILES string of the molecule is CCN(CC)P(=O)(OC(C)(C)C)c1ccccc1. The van der Waals surface area contributed by atoms with Crippen molar-refractivity contribution in [1.29, 1.82) is 0 Å². The van der Waals surface area contributed by atoms with Crippen LogP contribution in [0.2, 0.25) is 0 Å². The van der Waals surface area contributed by atoms with Crippen LogP contribution in [0.1, 0.15) is 34.6 Å². The fraction of sp³-hybridized carbons (Fsp3) is 0.571. The molecule has 0 amide bonds. The third kappa shape index (κ3) is 3.68. The Morgan fingerprint density at radius 1 is 1.11 bits per heavy atom. The average molecular weight is 269 g/mol. The highest BCUT2D eigenvalue weighted by molar-refractivity contribution is 7.64. The monoisotopic (exact) mass is 269 g/mol. The van der Waals surface area contributed by atoms with Gasteiger partial charge in [-0.25, -0.2) is 4.67 Å². The molecule has 4 heteroatoms. The van der Waals surface area contributed by atoms with Gasteiger partial charge in [0, 0.05) is 13.1 Å². The molecule has 0 aliphatic rings. The van der Waals surface area contributed by atoms with E-state index < -0.39 is 13.1 Å². The predicted octanol–water partition coefficient (Wildman–Crippen LogP) is 3.66. The first-order chi connectivity index (χ1) is 8.33. The van der Waals surface area contributed by atoms with E-state index in [1.807, 2.05) is 69.6 Å². The van der Waals surface area contributed by atoms with Crippen LogP contribution in [0.25, 0.3) is 0 Å². The lowest BCUT2D eigenvalue weighted by molar-refractivity contribution is 0.121. The van der Waals surface area contributed by atoms with E-state index in [4.69, 9.17) is 4.52 Å². The van der Waals surface area contributed by atoms with Crippen LogP contribution in [-0.2, 0) is 9.09 Å². The molecule has 0 spiro atoms. The van der Waals surface area contributed by atoms with Crippen LogP contribution in [0.3, 0.4) is 0 Å². The second-order valence-corrected chi connectivity index (χ2v) is 7.50. The van der Waals surface area contributed by atoms with Crippen molar-refractivity contribution in [2.24, 2.45) is 0 Å². The van der Waals surface area contributed by atoms with Crippen molar-refractivity contribution in [2.45, 2.75) is 40.2 Å². The maximum atomic E-state index is 13.3. The Morgan fingerprint density at radius 3 is 2.00 bits per heavy atom. The van der Waals surface area contributed by atoms with E-state index in [9.17, 15) is 4.57 Å². The molecule has 1 aromatic carbocycles. The quantitative estimate of drug-likeness (QED) is 0.764. The topological polar surface area (TPSA) is 29.5 Å². The number of benzene rings is 1. The maximum Gasteiger partial charge on any atom is 0.302 e. The molecule has 102 valence electrons. The standard InChI is InChI=1S/C14H24NO2P/c1-6-15(7-2)18(16,17-14(3,4)5)13-11-9-8-10-12-13/h8-12H,6-7H2,1-5H3. The summed E-state index contributed by atoms with van der Waals surface area (Å²) in [5.41, 5.74) is -0.437. The molecule has 0 saturated heterocycles. The van der Waals surface area contributed by atoms with E-state index in [1.54, 1.807) is 0 Å². The number of hydrogen-bond donors (Lipinski definition) is 0. The molecule has 0 bridgehead atoms. The third-order valence-corrected chi connectivity index (χ3v) is 5.64. The Bertz CT molecular complexity index is 408. The lowest BCUT2D eigenvalue weighted by Gasteiger charge is -2.34. The van der Waals surface area contributed by atoms with E-state index in [1.165, 1.54) is 0 Å². The van der Waals surface area contributed by atoms with Gasteiger partial charge in [0.15, 0.2) is 0 Å². The molecule has 0 fully saturated rings. The smallest absolute Gasteiger partial charge is 0.302 e. The van der Waals surface area contributed by atoms with Crippen LogP contribution in [-0.4, -0.2) is 23.4 Å². The molecule has 1 aromatic rings. The fourth-order valence-electron chi connectivity index (χ4n) is 1.86. The molecular weight excluding hydrogens is 245 g/mol. The van der Waals surface area contributed by atoms with Gasteiger partial charge in [0.2, 0.25) is 0 Å². The lowest BCUT2D eigenvalue weighted by Crippen LogP contribution is -2.32. The van der Waals surface area contributed by atoms with Crippen molar-refractivity contribution in [3.8, 4) is 0 Å². The average Bonchev–Trinajstić information content (AvgIpc) is 2.29. The van der Waals surface area contributed by atoms with E-state index in [-0.39, 0.29) is 0 Å². The number of nitrogens with zero attached hydrogens (tertiary/aromatic N) is 1. The van der Waals surface area contributed by atoms with Gasteiger partial charge in [0.05, 0.1) is 10.9 Å². The highest BCUT2D eigenvalue weighted by Gasteiger charge is 2.36. The summed E-state index contributed by atoms with van der Waals surface area (Å²) >= 11 is 0. The molecular formula is C14H24NO2P. The molecule has 0 aliphatic heterocycles. The van der Waals surface area contributed by atoms with Crippen LogP contribution < -0.4 is 5.30 Å². The van der Waals surface area contributed by atoms with E-state index >= 15 is 0 Å². The summed E-state index contributed by atoms with van der Waals surface area (Å²) in [5.74, 6) is 0. The molecule has 18 heavy (non-hydrogen) atoms. The molecule has 1 rings (SSSR count). The molecule has 0 saturated carbocycles. The van der Waals surface area contributed by atoms with Gasteiger partial charge in [-0.3, -0.25) is 4.57 Å². The Morgan fingerprint density at radius 2 is 1.61 bits per heavy atom. The highest BCUT2D eigenvalue weighted by atomic mass is 31.2. The summed E-state index contributed by atoms with van der Waals surface area (Å²) in [6, 6.07) is 9.48. The van der Waals surface area contributed by atoms with Gasteiger partial charge in [-0.05, 0) is 32.9 Å². The summed E-state index contributed by atoms with van der Waals surface area (Å²) in [6.07, 6.45) is 0. The molecule has 0 aliphatic carbocycles. The Labute approximate surface area is 111 Å². The Balaban J connectivity index is 3.22. The van der Waals surface area contributed by atoms with Crippen LogP contribution in [0.4, 0.5) is 0 Å². The van der Waals surface area contributed by atoms with Gasteiger partial charge in [-0.15, -0.1) is 0 Å². The third-order valence-electron chi connectivity index (χ3n) is 2.58. The normalized spacial score (nSPS) is 15.7. The Hall–Kier alpha value is -0.630. The molecule has 0 radical (unpaired) electrons. The van der Waals surface area contributed by atoms with Crippen molar-refractivity contribution in [2.75, 3.05) is 13.1 Å². The summed E-state index contributed by atoms with van der Waals surface area (Å²) in [7, 11) is -2.97. The van der Waals surface area contributed by atoms with Gasteiger partial charge in [0.1, 0.15) is 0 Å².